The lowest BCUT2D eigenvalue weighted by Crippen LogP contribution is -3.15. The van der Waals surface area contributed by atoms with Crippen molar-refractivity contribution in [3.63, 3.8) is 0 Å². The summed E-state index contributed by atoms with van der Waals surface area (Å²) < 4.78 is 45.5. The molecule has 1 aliphatic heterocycles. The van der Waals surface area contributed by atoms with Gasteiger partial charge in [-0.15, -0.1) is 13.2 Å². The van der Waals surface area contributed by atoms with Crippen molar-refractivity contribution in [1.82, 2.24) is 0 Å². The van der Waals surface area contributed by atoms with Gasteiger partial charge in [-0.05, 0) is 48.5 Å². The van der Waals surface area contributed by atoms with Gasteiger partial charge in [0.25, 0.3) is 5.91 Å². The maximum Gasteiger partial charge on any atom is 0.573 e. The summed E-state index contributed by atoms with van der Waals surface area (Å²) in [4.78, 5) is 15.7. The first-order chi connectivity index (χ1) is 13.8. The van der Waals surface area contributed by atoms with Crippen molar-refractivity contribution in [2.45, 2.75) is 6.36 Å². The van der Waals surface area contributed by atoms with Crippen LogP contribution < -0.4 is 24.6 Å². The molecule has 1 aliphatic rings. The van der Waals surface area contributed by atoms with Gasteiger partial charge in [0.1, 0.15) is 11.5 Å². The number of quaternary nitrogens is 1. The molecule has 3 rings (SSSR count). The minimum absolute atomic E-state index is 0.178. The van der Waals surface area contributed by atoms with E-state index in [2.05, 4.69) is 15.0 Å². The lowest BCUT2D eigenvalue weighted by molar-refractivity contribution is -0.892. The number of carbonyl (C=O) groups excluding carboxylic acids is 1. The number of carbonyl (C=O) groups is 1. The first kappa shape index (κ1) is 20.8. The first-order valence-electron chi connectivity index (χ1n) is 9.20. The van der Waals surface area contributed by atoms with Crippen LogP contribution in [0.3, 0.4) is 0 Å². The number of amides is 1. The molecular formula is C20H23F3N3O3+. The van der Waals surface area contributed by atoms with Crippen molar-refractivity contribution in [3.05, 3.63) is 48.5 Å². The van der Waals surface area contributed by atoms with Crippen molar-refractivity contribution in [2.24, 2.45) is 0 Å². The Balaban J connectivity index is 1.44. The number of nitrogens with zero attached hydrogens (tertiary/aromatic N) is 1. The number of halogens is 3. The Morgan fingerprint density at radius 1 is 1.03 bits per heavy atom. The molecule has 0 unspecified atom stereocenters. The summed E-state index contributed by atoms with van der Waals surface area (Å²) in [5, 5.41) is 2.71. The lowest BCUT2D eigenvalue weighted by atomic mass is 10.2. The molecule has 156 valence electrons. The van der Waals surface area contributed by atoms with Crippen LogP contribution in [0.15, 0.2) is 48.5 Å². The molecule has 0 aromatic heterocycles. The average Bonchev–Trinajstić information content (AvgIpc) is 2.69. The summed E-state index contributed by atoms with van der Waals surface area (Å²) in [5.41, 5.74) is 1.55. The van der Waals surface area contributed by atoms with Crippen molar-refractivity contribution in [1.29, 1.82) is 0 Å². The molecule has 0 bridgehead atoms. The SMILES string of the molecule is COc1ccc(N2CC[NH+](CC(=O)Nc3ccc(OC(F)(F)F)cc3)CC2)cc1. The maximum absolute atomic E-state index is 12.2. The van der Waals surface area contributed by atoms with Crippen molar-refractivity contribution >= 4 is 17.3 Å². The minimum atomic E-state index is -4.73. The molecule has 0 atom stereocenters. The maximum atomic E-state index is 12.2. The van der Waals surface area contributed by atoms with Crippen LogP contribution in [-0.4, -0.2) is 52.1 Å². The van der Waals surface area contributed by atoms with Gasteiger partial charge in [-0.2, -0.15) is 0 Å². The van der Waals surface area contributed by atoms with Crippen molar-refractivity contribution < 1.29 is 32.3 Å². The normalized spacial score (nSPS) is 15.1. The molecule has 1 saturated heterocycles. The molecule has 0 aliphatic carbocycles. The molecule has 2 N–H and O–H groups in total. The van der Waals surface area contributed by atoms with Crippen LogP contribution in [0.2, 0.25) is 0 Å². The van der Waals surface area contributed by atoms with Gasteiger partial charge in [0.2, 0.25) is 0 Å². The van der Waals surface area contributed by atoms with Gasteiger partial charge >= 0.3 is 6.36 Å². The second kappa shape index (κ2) is 9.04. The van der Waals surface area contributed by atoms with E-state index in [9.17, 15) is 18.0 Å². The fourth-order valence-electron chi connectivity index (χ4n) is 3.22. The van der Waals surface area contributed by atoms with Crippen LogP contribution in [0, 0.1) is 0 Å². The van der Waals surface area contributed by atoms with E-state index in [1.54, 1.807) is 7.11 Å². The number of methoxy groups -OCH3 is 1. The van der Waals surface area contributed by atoms with Crippen LogP contribution in [0.4, 0.5) is 24.5 Å². The van der Waals surface area contributed by atoms with E-state index in [0.29, 0.717) is 12.2 Å². The molecule has 2 aromatic carbocycles. The van der Waals surface area contributed by atoms with Crippen LogP contribution in [-0.2, 0) is 4.79 Å². The number of nitrogens with one attached hydrogen (secondary N) is 2. The van der Waals surface area contributed by atoms with E-state index in [4.69, 9.17) is 4.74 Å². The summed E-state index contributed by atoms with van der Waals surface area (Å²) in [5.74, 6) is 0.311. The largest absolute Gasteiger partial charge is 0.573 e. The highest BCUT2D eigenvalue weighted by Gasteiger charge is 2.31. The fraction of sp³-hybridized carbons (Fsp3) is 0.350. The molecule has 2 aromatic rings. The Labute approximate surface area is 166 Å². The number of hydrogen-bond acceptors (Lipinski definition) is 4. The zero-order valence-electron chi connectivity index (χ0n) is 16.0. The number of ether oxygens (including phenoxy) is 2. The van der Waals surface area contributed by atoms with Crippen LogP contribution in [0.25, 0.3) is 0 Å². The van der Waals surface area contributed by atoms with Gasteiger partial charge < -0.3 is 24.6 Å². The fourth-order valence-corrected chi connectivity index (χ4v) is 3.22. The Morgan fingerprint density at radius 2 is 1.62 bits per heavy atom. The van der Waals surface area contributed by atoms with E-state index in [0.717, 1.165) is 42.5 Å². The summed E-state index contributed by atoms with van der Waals surface area (Å²) in [6.45, 7) is 3.60. The third-order valence-electron chi connectivity index (χ3n) is 4.69. The Morgan fingerprint density at radius 3 is 2.17 bits per heavy atom. The summed E-state index contributed by atoms with van der Waals surface area (Å²) >= 11 is 0. The number of rotatable bonds is 6. The van der Waals surface area contributed by atoms with Gasteiger partial charge in [0.05, 0.1) is 33.3 Å². The van der Waals surface area contributed by atoms with Crippen LogP contribution >= 0.6 is 0 Å². The standard InChI is InChI=1S/C20H22F3N3O3/c1-28-17-8-4-16(5-9-17)26-12-10-25(11-13-26)14-19(27)24-15-2-6-18(7-3-15)29-20(21,22)23/h2-9H,10-14H2,1H3,(H,24,27)/p+1. The first-order valence-corrected chi connectivity index (χ1v) is 9.20. The van der Waals surface area contributed by atoms with E-state index < -0.39 is 6.36 Å². The number of hydrogen-bond donors (Lipinski definition) is 2. The Kier molecular flexibility index (Phi) is 6.48. The molecular weight excluding hydrogens is 387 g/mol. The van der Waals surface area contributed by atoms with Gasteiger partial charge in [0.15, 0.2) is 6.54 Å². The Hall–Kier alpha value is -2.94. The number of benzene rings is 2. The highest BCUT2D eigenvalue weighted by Crippen LogP contribution is 2.24. The van der Waals surface area contributed by atoms with E-state index in [1.807, 2.05) is 24.3 Å². The third-order valence-corrected chi connectivity index (χ3v) is 4.69. The van der Waals surface area contributed by atoms with Crippen LogP contribution in [0.1, 0.15) is 0 Å². The smallest absolute Gasteiger partial charge is 0.497 e. The van der Waals surface area contributed by atoms with Gasteiger partial charge in [-0.1, -0.05) is 0 Å². The van der Waals surface area contributed by atoms with Gasteiger partial charge in [-0.25, -0.2) is 0 Å². The minimum Gasteiger partial charge on any atom is -0.497 e. The van der Waals surface area contributed by atoms with Crippen molar-refractivity contribution in [2.75, 3.05) is 50.1 Å². The molecule has 0 saturated carbocycles. The summed E-state index contributed by atoms with van der Waals surface area (Å²) in [6.07, 6.45) is -4.73. The molecule has 1 amide bonds. The monoisotopic (exact) mass is 410 g/mol. The molecule has 0 radical (unpaired) electrons. The molecule has 1 heterocycles. The van der Waals surface area contributed by atoms with E-state index in [1.165, 1.54) is 24.3 Å². The quantitative estimate of drug-likeness (QED) is 0.765. The lowest BCUT2D eigenvalue weighted by Gasteiger charge is -2.33. The van der Waals surface area contributed by atoms with Gasteiger partial charge in [0, 0.05) is 11.4 Å². The van der Waals surface area contributed by atoms with E-state index in [-0.39, 0.29) is 11.7 Å². The highest BCUT2D eigenvalue weighted by molar-refractivity contribution is 5.91. The number of piperazine rings is 1. The second-order valence-electron chi connectivity index (χ2n) is 6.73. The number of alkyl halides is 3. The van der Waals surface area contributed by atoms with Crippen LogP contribution in [0.5, 0.6) is 11.5 Å². The molecule has 29 heavy (non-hydrogen) atoms. The summed E-state index contributed by atoms with van der Waals surface area (Å²) in [7, 11) is 1.63. The zero-order valence-corrected chi connectivity index (χ0v) is 16.0. The molecule has 0 spiro atoms. The number of anilines is 2. The molecule has 1 fully saturated rings. The van der Waals surface area contributed by atoms with Crippen molar-refractivity contribution in [3.8, 4) is 11.5 Å². The zero-order chi connectivity index (χ0) is 20.9. The van der Waals surface area contributed by atoms with Gasteiger partial charge in [-0.3, -0.25) is 4.79 Å². The Bertz CT molecular complexity index is 802. The summed E-state index contributed by atoms with van der Waals surface area (Å²) in [6, 6.07) is 13.0. The molecule has 6 nitrogen and oxygen atoms in total. The topological polar surface area (TPSA) is 55.2 Å². The van der Waals surface area contributed by atoms with E-state index >= 15 is 0 Å². The highest BCUT2D eigenvalue weighted by atomic mass is 19.4. The second-order valence-corrected chi connectivity index (χ2v) is 6.73. The molecule has 9 heteroatoms. The third kappa shape index (κ3) is 6.28. The predicted octanol–water partition coefficient (Wildman–Crippen LogP) is 1.94. The predicted molar refractivity (Wildman–Crippen MR) is 103 cm³/mol. The average molecular weight is 410 g/mol.